The highest BCUT2D eigenvalue weighted by atomic mass is 35.7. The van der Waals surface area contributed by atoms with Gasteiger partial charge in [0.1, 0.15) is 0 Å². The molecule has 82 valence electrons. The number of hydrogen-bond donors (Lipinski definition) is 0. The zero-order valence-corrected chi connectivity index (χ0v) is 9.25. The molecule has 1 aromatic heterocycles. The number of halogens is 1. The van der Waals surface area contributed by atoms with Gasteiger partial charge in [-0.15, -0.1) is 0 Å². The average Bonchev–Trinajstić information content (AvgIpc) is 2.17. The first-order valence-electron chi connectivity index (χ1n) is 3.89. The first-order valence-corrected chi connectivity index (χ1v) is 6.20. The van der Waals surface area contributed by atoms with Crippen molar-refractivity contribution in [2.45, 2.75) is 12.1 Å². The quantitative estimate of drug-likeness (QED) is 0.443. The molecule has 0 unspecified atom stereocenters. The molecule has 0 aliphatic heterocycles. The van der Waals surface area contributed by atoms with Crippen molar-refractivity contribution in [3.63, 3.8) is 0 Å². The Morgan fingerprint density at radius 2 is 2.00 bits per heavy atom. The molecule has 1 rings (SSSR count). The molecular formula is C7H7ClN2O4S. The lowest BCUT2D eigenvalue weighted by molar-refractivity contribution is 0.0525. The van der Waals surface area contributed by atoms with Crippen LogP contribution in [0.25, 0.3) is 0 Å². The number of esters is 1. The van der Waals surface area contributed by atoms with Crippen LogP contribution in [0.1, 0.15) is 17.3 Å². The van der Waals surface area contributed by atoms with Crippen LogP contribution in [0, 0.1) is 0 Å². The summed E-state index contributed by atoms with van der Waals surface area (Å²) < 4.78 is 26.2. The third kappa shape index (κ3) is 3.14. The summed E-state index contributed by atoms with van der Waals surface area (Å²) >= 11 is 0. The Labute approximate surface area is 90.7 Å². The third-order valence-corrected chi connectivity index (χ3v) is 2.42. The Balaban J connectivity index is 2.96. The van der Waals surface area contributed by atoms with E-state index in [1.165, 1.54) is 0 Å². The van der Waals surface area contributed by atoms with Gasteiger partial charge in [0.15, 0.2) is 0 Å². The van der Waals surface area contributed by atoms with E-state index in [4.69, 9.17) is 10.7 Å². The second-order valence-corrected chi connectivity index (χ2v) is 4.87. The van der Waals surface area contributed by atoms with Crippen molar-refractivity contribution in [2.75, 3.05) is 6.61 Å². The molecule has 0 amide bonds. The summed E-state index contributed by atoms with van der Waals surface area (Å²) in [5.41, 5.74) is 0.0703. The first-order chi connectivity index (χ1) is 6.95. The van der Waals surface area contributed by atoms with Crippen molar-refractivity contribution in [3.05, 3.63) is 18.0 Å². The van der Waals surface area contributed by atoms with Gasteiger partial charge in [-0.2, -0.15) is 0 Å². The van der Waals surface area contributed by atoms with Gasteiger partial charge in [0.25, 0.3) is 14.2 Å². The molecular weight excluding hydrogens is 244 g/mol. The van der Waals surface area contributed by atoms with Crippen LogP contribution in [-0.2, 0) is 13.8 Å². The third-order valence-electron chi connectivity index (χ3n) is 1.36. The second-order valence-electron chi connectivity index (χ2n) is 2.41. The van der Waals surface area contributed by atoms with Crippen molar-refractivity contribution in [1.82, 2.24) is 9.97 Å². The number of carbonyl (C=O) groups is 1. The van der Waals surface area contributed by atoms with Gasteiger partial charge >= 0.3 is 5.97 Å². The van der Waals surface area contributed by atoms with E-state index < -0.39 is 20.2 Å². The maximum Gasteiger partial charge on any atom is 0.341 e. The maximum atomic E-state index is 11.1. The second kappa shape index (κ2) is 4.54. The van der Waals surface area contributed by atoms with E-state index >= 15 is 0 Å². The molecule has 0 fully saturated rings. The lowest BCUT2D eigenvalue weighted by atomic mass is 10.3. The van der Waals surface area contributed by atoms with Gasteiger partial charge < -0.3 is 4.74 Å². The van der Waals surface area contributed by atoms with Crippen LogP contribution >= 0.6 is 10.7 Å². The van der Waals surface area contributed by atoms with E-state index in [1.807, 2.05) is 0 Å². The summed E-state index contributed by atoms with van der Waals surface area (Å²) in [6, 6.07) is 0. The summed E-state index contributed by atoms with van der Waals surface area (Å²) in [4.78, 5) is 18.0. The van der Waals surface area contributed by atoms with Gasteiger partial charge in [0.05, 0.1) is 12.2 Å². The van der Waals surface area contributed by atoms with Gasteiger partial charge in [-0.05, 0) is 6.92 Å². The van der Waals surface area contributed by atoms with Crippen LogP contribution in [0.15, 0.2) is 17.6 Å². The van der Waals surface area contributed by atoms with Crippen molar-refractivity contribution in [1.29, 1.82) is 0 Å². The van der Waals surface area contributed by atoms with Gasteiger partial charge in [0, 0.05) is 23.1 Å². The molecule has 1 heterocycles. The number of rotatable bonds is 3. The fourth-order valence-corrected chi connectivity index (χ4v) is 1.36. The zero-order chi connectivity index (χ0) is 11.5. The topological polar surface area (TPSA) is 86.2 Å². The zero-order valence-electron chi connectivity index (χ0n) is 7.68. The number of hydrogen-bond acceptors (Lipinski definition) is 6. The summed E-state index contributed by atoms with van der Waals surface area (Å²) in [5, 5.41) is -0.544. The molecule has 15 heavy (non-hydrogen) atoms. The Bertz CT molecular complexity index is 456. The number of nitrogens with zero attached hydrogens (tertiary/aromatic N) is 2. The molecule has 0 radical (unpaired) electrons. The number of aromatic nitrogens is 2. The summed E-state index contributed by atoms with van der Waals surface area (Å²) in [6.07, 6.45) is 2.08. The SMILES string of the molecule is CCOC(=O)c1cnc(S(=O)(=O)Cl)nc1. The van der Waals surface area contributed by atoms with E-state index in [1.54, 1.807) is 6.92 Å². The number of carbonyl (C=O) groups excluding carboxylic acids is 1. The van der Waals surface area contributed by atoms with Crippen molar-refractivity contribution >= 4 is 25.7 Å². The van der Waals surface area contributed by atoms with Crippen LogP contribution in [0.3, 0.4) is 0 Å². The lowest BCUT2D eigenvalue weighted by Gasteiger charge is -2.00. The Morgan fingerprint density at radius 3 is 2.40 bits per heavy atom. The maximum absolute atomic E-state index is 11.1. The van der Waals surface area contributed by atoms with E-state index in [-0.39, 0.29) is 12.2 Å². The van der Waals surface area contributed by atoms with Crippen molar-refractivity contribution in [3.8, 4) is 0 Å². The van der Waals surface area contributed by atoms with Crippen LogP contribution in [0.2, 0.25) is 0 Å². The Hall–Kier alpha value is -1.21. The van der Waals surface area contributed by atoms with Crippen molar-refractivity contribution in [2.24, 2.45) is 0 Å². The summed E-state index contributed by atoms with van der Waals surface area (Å²) in [7, 11) is 1.02. The standard InChI is InChI=1S/C7H7ClN2O4S/c1-2-14-6(11)5-3-9-7(10-4-5)15(8,12)13/h3-4H,2H2,1H3. The molecule has 0 N–H and O–H groups in total. The predicted octanol–water partition coefficient (Wildman–Crippen LogP) is 0.581. The highest BCUT2D eigenvalue weighted by Gasteiger charge is 2.15. The van der Waals surface area contributed by atoms with Crippen LogP contribution < -0.4 is 0 Å². The smallest absolute Gasteiger partial charge is 0.341 e. The normalized spacial score (nSPS) is 11.1. The minimum atomic E-state index is -3.96. The number of ether oxygens (including phenoxy) is 1. The van der Waals surface area contributed by atoms with Crippen LogP contribution in [-0.4, -0.2) is 31.0 Å². The minimum Gasteiger partial charge on any atom is -0.462 e. The lowest BCUT2D eigenvalue weighted by Crippen LogP contribution is -2.07. The highest BCUT2D eigenvalue weighted by molar-refractivity contribution is 8.13. The molecule has 0 aliphatic carbocycles. The monoisotopic (exact) mass is 250 g/mol. The van der Waals surface area contributed by atoms with Gasteiger partial charge in [0.2, 0.25) is 0 Å². The fourth-order valence-electron chi connectivity index (χ4n) is 0.762. The van der Waals surface area contributed by atoms with Gasteiger partial charge in [-0.3, -0.25) is 0 Å². The molecule has 6 nitrogen and oxygen atoms in total. The average molecular weight is 251 g/mol. The summed E-state index contributed by atoms with van der Waals surface area (Å²) in [5.74, 6) is -0.615. The molecule has 8 heteroatoms. The largest absolute Gasteiger partial charge is 0.462 e. The summed E-state index contributed by atoms with van der Waals surface area (Å²) in [6.45, 7) is 1.87. The fraction of sp³-hybridized carbons (Fsp3) is 0.286. The first kappa shape index (κ1) is 11.9. The molecule has 0 aliphatic rings. The van der Waals surface area contributed by atoms with E-state index in [0.29, 0.717) is 0 Å². The molecule has 0 bridgehead atoms. The van der Waals surface area contributed by atoms with Crippen LogP contribution in [0.5, 0.6) is 0 Å². The van der Waals surface area contributed by atoms with E-state index in [9.17, 15) is 13.2 Å². The molecule has 1 aromatic rings. The van der Waals surface area contributed by atoms with E-state index in [2.05, 4.69) is 14.7 Å². The molecule has 0 atom stereocenters. The molecule has 0 aromatic carbocycles. The van der Waals surface area contributed by atoms with Crippen molar-refractivity contribution < 1.29 is 17.9 Å². The van der Waals surface area contributed by atoms with E-state index in [0.717, 1.165) is 12.4 Å². The Morgan fingerprint density at radius 1 is 1.47 bits per heavy atom. The molecule has 0 saturated heterocycles. The van der Waals surface area contributed by atoms with Gasteiger partial charge in [-0.1, -0.05) is 0 Å². The highest BCUT2D eigenvalue weighted by Crippen LogP contribution is 2.08. The van der Waals surface area contributed by atoms with Crippen LogP contribution in [0.4, 0.5) is 0 Å². The predicted molar refractivity (Wildman–Crippen MR) is 51.0 cm³/mol. The Kier molecular flexibility index (Phi) is 3.59. The molecule has 0 saturated carbocycles. The molecule has 0 spiro atoms. The van der Waals surface area contributed by atoms with Gasteiger partial charge in [-0.25, -0.2) is 23.2 Å². The minimum absolute atomic E-state index is 0.0703.